The Labute approximate surface area is 157 Å². The molecule has 2 aromatic rings. The van der Waals surface area contributed by atoms with Crippen LogP contribution in [0.15, 0.2) is 41.5 Å². The summed E-state index contributed by atoms with van der Waals surface area (Å²) >= 11 is 0. The maximum Gasteiger partial charge on any atom is 0.311 e. The van der Waals surface area contributed by atoms with E-state index in [0.29, 0.717) is 30.2 Å². The molecule has 0 heterocycles. The van der Waals surface area contributed by atoms with Crippen LogP contribution in [0, 0.1) is 10.1 Å². The zero-order valence-corrected chi connectivity index (χ0v) is 15.6. The molecule has 0 amide bonds. The van der Waals surface area contributed by atoms with Crippen LogP contribution in [-0.2, 0) is 6.54 Å². The molecular formula is C19H23N3O5. The smallest absolute Gasteiger partial charge is 0.311 e. The number of rotatable bonds is 10. The molecule has 0 atom stereocenters. The summed E-state index contributed by atoms with van der Waals surface area (Å²) in [6.07, 6.45) is 2.30. The number of nitro benzene ring substituents is 1. The summed E-state index contributed by atoms with van der Waals surface area (Å²) in [7, 11) is 3.16. The van der Waals surface area contributed by atoms with Gasteiger partial charge in [0.25, 0.3) is 0 Å². The van der Waals surface area contributed by atoms with E-state index in [9.17, 15) is 10.1 Å². The van der Waals surface area contributed by atoms with Gasteiger partial charge >= 0.3 is 5.69 Å². The molecule has 0 aliphatic heterocycles. The highest BCUT2D eigenvalue weighted by Gasteiger charge is 2.15. The number of hydrazone groups is 1. The van der Waals surface area contributed by atoms with Gasteiger partial charge in [-0.3, -0.25) is 10.1 Å². The van der Waals surface area contributed by atoms with Crippen LogP contribution in [0.2, 0.25) is 0 Å². The van der Waals surface area contributed by atoms with Crippen molar-refractivity contribution in [3.05, 3.63) is 57.6 Å². The number of hydrogen-bond donors (Lipinski definition) is 1. The Morgan fingerprint density at radius 2 is 1.85 bits per heavy atom. The largest absolute Gasteiger partial charge is 0.493 e. The van der Waals surface area contributed by atoms with Crippen molar-refractivity contribution in [3.63, 3.8) is 0 Å². The number of nitrogens with zero attached hydrogens (tertiary/aromatic N) is 2. The zero-order valence-electron chi connectivity index (χ0n) is 15.6. The minimum Gasteiger partial charge on any atom is -0.493 e. The molecule has 0 aromatic heterocycles. The highest BCUT2D eigenvalue weighted by molar-refractivity contribution is 5.81. The molecule has 0 radical (unpaired) electrons. The van der Waals surface area contributed by atoms with Crippen molar-refractivity contribution in [1.29, 1.82) is 0 Å². The van der Waals surface area contributed by atoms with Gasteiger partial charge in [-0.25, -0.2) is 0 Å². The lowest BCUT2D eigenvalue weighted by molar-refractivity contribution is -0.385. The summed E-state index contributed by atoms with van der Waals surface area (Å²) in [5.41, 5.74) is 4.39. The van der Waals surface area contributed by atoms with Gasteiger partial charge in [0.15, 0.2) is 17.2 Å². The van der Waals surface area contributed by atoms with Crippen LogP contribution in [0.3, 0.4) is 0 Å². The average Bonchev–Trinajstić information content (AvgIpc) is 2.69. The van der Waals surface area contributed by atoms with Gasteiger partial charge in [0.2, 0.25) is 0 Å². The quantitative estimate of drug-likeness (QED) is 0.389. The molecule has 2 rings (SSSR count). The van der Waals surface area contributed by atoms with Crippen LogP contribution in [-0.4, -0.2) is 32.0 Å². The molecule has 0 bridgehead atoms. The summed E-state index contributed by atoms with van der Waals surface area (Å²) in [6, 6.07) is 10.3. The third-order valence-corrected chi connectivity index (χ3v) is 3.68. The molecule has 27 heavy (non-hydrogen) atoms. The van der Waals surface area contributed by atoms with Crippen LogP contribution >= 0.6 is 0 Å². The lowest BCUT2D eigenvalue weighted by Gasteiger charge is -2.09. The Morgan fingerprint density at radius 3 is 2.52 bits per heavy atom. The summed E-state index contributed by atoms with van der Waals surface area (Å²) < 4.78 is 15.9. The van der Waals surface area contributed by atoms with E-state index in [-0.39, 0.29) is 11.4 Å². The van der Waals surface area contributed by atoms with E-state index < -0.39 is 4.92 Å². The fraction of sp³-hybridized carbons (Fsp3) is 0.316. The van der Waals surface area contributed by atoms with Gasteiger partial charge in [0.05, 0.1) is 38.5 Å². The van der Waals surface area contributed by atoms with Gasteiger partial charge in [0.1, 0.15) is 0 Å². The van der Waals surface area contributed by atoms with Gasteiger partial charge < -0.3 is 19.6 Å². The summed E-state index contributed by atoms with van der Waals surface area (Å²) in [4.78, 5) is 10.7. The number of nitrogens with one attached hydrogen (secondary N) is 1. The Bertz CT molecular complexity index is 808. The van der Waals surface area contributed by atoms with Crippen LogP contribution in [0.4, 0.5) is 5.69 Å². The lowest BCUT2D eigenvalue weighted by atomic mass is 10.2. The third-order valence-electron chi connectivity index (χ3n) is 3.68. The highest BCUT2D eigenvalue weighted by atomic mass is 16.6. The predicted molar refractivity (Wildman–Crippen MR) is 103 cm³/mol. The first-order chi connectivity index (χ1) is 13.1. The summed E-state index contributed by atoms with van der Waals surface area (Å²) in [6.45, 7) is 2.84. The molecule has 0 unspecified atom stereocenters. The molecule has 0 fully saturated rings. The number of methoxy groups -OCH3 is 2. The summed E-state index contributed by atoms with van der Waals surface area (Å²) in [5, 5.41) is 15.3. The normalized spacial score (nSPS) is 10.6. The van der Waals surface area contributed by atoms with Crippen LogP contribution < -0.4 is 19.6 Å². The van der Waals surface area contributed by atoms with Crippen molar-refractivity contribution in [1.82, 2.24) is 5.43 Å². The minimum atomic E-state index is -0.459. The molecule has 8 heteroatoms. The third kappa shape index (κ3) is 5.60. The first kappa shape index (κ1) is 20.0. The van der Waals surface area contributed by atoms with Gasteiger partial charge in [-0.2, -0.15) is 5.10 Å². The van der Waals surface area contributed by atoms with E-state index in [0.717, 1.165) is 12.0 Å². The molecule has 8 nitrogen and oxygen atoms in total. The topological polar surface area (TPSA) is 95.2 Å². The molecular weight excluding hydrogens is 350 g/mol. The Morgan fingerprint density at radius 1 is 1.11 bits per heavy atom. The van der Waals surface area contributed by atoms with Crippen molar-refractivity contribution in [2.45, 2.75) is 19.9 Å². The monoisotopic (exact) mass is 373 g/mol. The molecule has 144 valence electrons. The number of hydrogen-bond acceptors (Lipinski definition) is 7. The van der Waals surface area contributed by atoms with E-state index in [1.807, 2.05) is 25.1 Å². The van der Waals surface area contributed by atoms with Gasteiger partial charge in [0, 0.05) is 11.6 Å². The average molecular weight is 373 g/mol. The van der Waals surface area contributed by atoms with Crippen molar-refractivity contribution in [2.24, 2.45) is 5.10 Å². The lowest BCUT2D eigenvalue weighted by Crippen LogP contribution is -2.06. The molecule has 0 aliphatic carbocycles. The van der Waals surface area contributed by atoms with E-state index in [1.165, 1.54) is 12.3 Å². The molecule has 0 saturated heterocycles. The standard InChI is InChI=1S/C19H23N3O5/c1-4-9-27-17-7-5-14(10-16(17)22(23)24)12-20-21-13-15-6-8-18(25-2)19(11-15)26-3/h5-8,10-12,21H,4,9,13H2,1-3H3/b20-12+. The van der Waals surface area contributed by atoms with E-state index in [2.05, 4.69) is 10.5 Å². The van der Waals surface area contributed by atoms with Gasteiger partial charge in [-0.1, -0.05) is 13.0 Å². The Hall–Kier alpha value is -3.29. The maximum atomic E-state index is 11.2. The molecule has 0 spiro atoms. The fourth-order valence-electron chi connectivity index (χ4n) is 2.34. The SMILES string of the molecule is CCCOc1ccc(/C=N/NCc2ccc(OC)c(OC)c2)cc1[N+](=O)[O-]. The minimum absolute atomic E-state index is 0.0766. The van der Waals surface area contributed by atoms with Crippen LogP contribution in [0.25, 0.3) is 0 Å². The van der Waals surface area contributed by atoms with E-state index in [1.54, 1.807) is 26.4 Å². The zero-order chi connectivity index (χ0) is 19.6. The van der Waals surface area contributed by atoms with Gasteiger partial charge in [-0.05, 0) is 36.2 Å². The van der Waals surface area contributed by atoms with E-state index >= 15 is 0 Å². The second kappa shape index (κ2) is 10.0. The number of ether oxygens (including phenoxy) is 3. The Kier molecular flexibility index (Phi) is 7.42. The van der Waals surface area contributed by atoms with Gasteiger partial charge in [-0.15, -0.1) is 0 Å². The molecule has 0 saturated carbocycles. The van der Waals surface area contributed by atoms with Crippen molar-refractivity contribution < 1.29 is 19.1 Å². The fourth-order valence-corrected chi connectivity index (χ4v) is 2.34. The van der Waals surface area contributed by atoms with Crippen LogP contribution in [0.5, 0.6) is 17.2 Å². The number of benzene rings is 2. The predicted octanol–water partition coefficient (Wildman–Crippen LogP) is 3.52. The second-order valence-corrected chi connectivity index (χ2v) is 5.62. The maximum absolute atomic E-state index is 11.2. The highest BCUT2D eigenvalue weighted by Crippen LogP contribution is 2.28. The van der Waals surface area contributed by atoms with Crippen LogP contribution in [0.1, 0.15) is 24.5 Å². The molecule has 1 N–H and O–H groups in total. The molecule has 0 aliphatic rings. The first-order valence-electron chi connectivity index (χ1n) is 8.47. The summed E-state index contributed by atoms with van der Waals surface area (Å²) in [5.74, 6) is 1.55. The van der Waals surface area contributed by atoms with Crippen molar-refractivity contribution in [2.75, 3.05) is 20.8 Å². The Balaban J connectivity index is 2.01. The second-order valence-electron chi connectivity index (χ2n) is 5.62. The van der Waals surface area contributed by atoms with Crippen molar-refractivity contribution in [3.8, 4) is 17.2 Å². The number of nitro groups is 1. The first-order valence-corrected chi connectivity index (χ1v) is 8.47. The van der Waals surface area contributed by atoms with E-state index in [4.69, 9.17) is 14.2 Å². The van der Waals surface area contributed by atoms with Crippen molar-refractivity contribution >= 4 is 11.9 Å². The molecule has 2 aromatic carbocycles.